The van der Waals surface area contributed by atoms with Gasteiger partial charge in [0.05, 0.1) is 0 Å². The monoisotopic (exact) mass is 239 g/mol. The van der Waals surface area contributed by atoms with Crippen molar-refractivity contribution in [3.8, 4) is 0 Å². The Morgan fingerprint density at radius 2 is 2.17 bits per heavy atom. The van der Waals surface area contributed by atoms with E-state index >= 15 is 0 Å². The summed E-state index contributed by atoms with van der Waals surface area (Å²) in [6.45, 7) is 3.13. The number of hydrogen-bond acceptors (Lipinski definition) is 3. The number of rotatable bonds is 2. The van der Waals surface area contributed by atoms with Crippen LogP contribution in [0.5, 0.6) is 0 Å². The second-order valence-corrected chi connectivity index (χ2v) is 4.75. The fourth-order valence-corrected chi connectivity index (χ4v) is 2.24. The highest BCUT2D eigenvalue weighted by molar-refractivity contribution is 5.64. The summed E-state index contributed by atoms with van der Waals surface area (Å²) < 4.78 is 0. The van der Waals surface area contributed by atoms with Crippen molar-refractivity contribution >= 4 is 17.2 Å². The third-order valence-electron chi connectivity index (χ3n) is 3.23. The average Bonchev–Trinajstić information content (AvgIpc) is 2.41. The summed E-state index contributed by atoms with van der Waals surface area (Å²) in [6, 6.07) is 10.5. The molecule has 0 saturated heterocycles. The second kappa shape index (κ2) is 4.69. The highest BCUT2D eigenvalue weighted by atomic mass is 15.0. The first kappa shape index (κ1) is 11.1. The van der Waals surface area contributed by atoms with Gasteiger partial charge in [0.2, 0.25) is 0 Å². The number of benzene rings is 1. The molecule has 0 radical (unpaired) electrons. The lowest BCUT2D eigenvalue weighted by molar-refractivity contribution is 0.830. The highest BCUT2D eigenvalue weighted by Gasteiger charge is 2.08. The van der Waals surface area contributed by atoms with E-state index in [4.69, 9.17) is 0 Å². The zero-order valence-corrected chi connectivity index (χ0v) is 10.5. The van der Waals surface area contributed by atoms with Gasteiger partial charge in [0.1, 0.15) is 5.82 Å². The molecule has 1 aromatic carbocycles. The first-order chi connectivity index (χ1) is 8.81. The Kier molecular flexibility index (Phi) is 2.89. The molecule has 92 valence electrons. The fourth-order valence-electron chi connectivity index (χ4n) is 2.24. The molecular formula is C15H17N3. The van der Waals surface area contributed by atoms with Gasteiger partial charge in [-0.25, -0.2) is 4.98 Å². The lowest BCUT2D eigenvalue weighted by Crippen LogP contribution is -2.11. The van der Waals surface area contributed by atoms with Crippen LogP contribution in [0.25, 0.3) is 0 Å². The Hall–Kier alpha value is -2.03. The summed E-state index contributed by atoms with van der Waals surface area (Å²) in [4.78, 5) is 4.36. The van der Waals surface area contributed by atoms with Gasteiger partial charge in [0.25, 0.3) is 0 Å². The van der Waals surface area contributed by atoms with Gasteiger partial charge in [0.15, 0.2) is 0 Å². The summed E-state index contributed by atoms with van der Waals surface area (Å²) >= 11 is 0. The molecule has 0 unspecified atom stereocenters. The maximum Gasteiger partial charge on any atom is 0.130 e. The number of aromatic nitrogens is 1. The van der Waals surface area contributed by atoms with Crippen LogP contribution in [-0.2, 0) is 6.42 Å². The molecule has 0 aliphatic carbocycles. The molecule has 1 aliphatic heterocycles. The molecule has 0 spiro atoms. The maximum atomic E-state index is 4.36. The molecule has 0 saturated carbocycles. The van der Waals surface area contributed by atoms with E-state index < -0.39 is 0 Å². The fraction of sp³-hybridized carbons (Fsp3) is 0.267. The molecule has 2 heterocycles. The molecule has 1 aromatic heterocycles. The van der Waals surface area contributed by atoms with Gasteiger partial charge in [-0.3, -0.25) is 0 Å². The minimum Gasteiger partial charge on any atom is -0.385 e. The van der Waals surface area contributed by atoms with E-state index in [9.17, 15) is 0 Å². The zero-order chi connectivity index (χ0) is 12.4. The molecule has 3 heteroatoms. The van der Waals surface area contributed by atoms with Crippen molar-refractivity contribution in [2.75, 3.05) is 17.2 Å². The summed E-state index contributed by atoms with van der Waals surface area (Å²) in [5.74, 6) is 0.893. The zero-order valence-electron chi connectivity index (χ0n) is 10.5. The molecule has 2 aromatic rings. The summed E-state index contributed by atoms with van der Waals surface area (Å²) in [5.41, 5.74) is 4.94. The highest BCUT2D eigenvalue weighted by Crippen LogP contribution is 2.26. The minimum atomic E-state index is 0.893. The lowest BCUT2D eigenvalue weighted by Gasteiger charge is -2.19. The topological polar surface area (TPSA) is 37.0 Å². The number of hydrogen-bond donors (Lipinski definition) is 2. The van der Waals surface area contributed by atoms with Crippen molar-refractivity contribution in [3.05, 3.63) is 47.7 Å². The molecule has 0 bridgehead atoms. The molecular weight excluding hydrogens is 222 g/mol. The van der Waals surface area contributed by atoms with E-state index in [1.165, 1.54) is 23.2 Å². The van der Waals surface area contributed by atoms with Crippen molar-refractivity contribution < 1.29 is 0 Å². The molecule has 0 atom stereocenters. The van der Waals surface area contributed by atoms with E-state index in [0.29, 0.717) is 0 Å². The first-order valence-corrected chi connectivity index (χ1v) is 6.38. The average molecular weight is 239 g/mol. The van der Waals surface area contributed by atoms with E-state index in [2.05, 4.69) is 39.9 Å². The maximum absolute atomic E-state index is 4.36. The van der Waals surface area contributed by atoms with Crippen molar-refractivity contribution in [2.24, 2.45) is 0 Å². The second-order valence-electron chi connectivity index (χ2n) is 4.75. The van der Waals surface area contributed by atoms with Crippen molar-refractivity contribution in [2.45, 2.75) is 19.8 Å². The van der Waals surface area contributed by atoms with Gasteiger partial charge in [-0.2, -0.15) is 0 Å². The van der Waals surface area contributed by atoms with E-state index in [1.807, 2.05) is 19.2 Å². The van der Waals surface area contributed by atoms with Crippen LogP contribution in [0.1, 0.15) is 17.5 Å². The van der Waals surface area contributed by atoms with E-state index in [1.54, 1.807) is 0 Å². The molecule has 0 amide bonds. The Morgan fingerprint density at radius 3 is 3.00 bits per heavy atom. The normalized spacial score (nSPS) is 13.6. The number of nitrogens with zero attached hydrogens (tertiary/aromatic N) is 1. The lowest BCUT2D eigenvalue weighted by atomic mass is 10.0. The number of pyridine rings is 1. The van der Waals surface area contributed by atoms with Crippen LogP contribution in [0.15, 0.2) is 36.5 Å². The van der Waals surface area contributed by atoms with E-state index in [-0.39, 0.29) is 0 Å². The molecule has 0 fully saturated rings. The summed E-state index contributed by atoms with van der Waals surface area (Å²) in [6.07, 6.45) is 4.24. The molecule has 3 rings (SSSR count). The van der Waals surface area contributed by atoms with Crippen LogP contribution in [-0.4, -0.2) is 11.5 Å². The van der Waals surface area contributed by atoms with Gasteiger partial charge in [-0.15, -0.1) is 0 Å². The van der Waals surface area contributed by atoms with Gasteiger partial charge >= 0.3 is 0 Å². The van der Waals surface area contributed by atoms with Crippen LogP contribution in [0.4, 0.5) is 17.2 Å². The Labute approximate surface area is 107 Å². The van der Waals surface area contributed by atoms with Crippen LogP contribution in [0.2, 0.25) is 0 Å². The molecule has 1 aliphatic rings. The Bertz CT molecular complexity index is 546. The molecule has 3 nitrogen and oxygen atoms in total. The number of fused-ring (bicyclic) bond motifs is 1. The predicted molar refractivity (Wildman–Crippen MR) is 75.5 cm³/mol. The van der Waals surface area contributed by atoms with Gasteiger partial charge in [-0.05, 0) is 55.2 Å². The van der Waals surface area contributed by atoms with Crippen LogP contribution in [0, 0.1) is 6.92 Å². The third-order valence-corrected chi connectivity index (χ3v) is 3.23. The van der Waals surface area contributed by atoms with Crippen molar-refractivity contribution in [3.63, 3.8) is 0 Å². The minimum absolute atomic E-state index is 0.893. The van der Waals surface area contributed by atoms with E-state index in [0.717, 1.165) is 24.5 Å². The Morgan fingerprint density at radius 1 is 1.22 bits per heavy atom. The SMILES string of the molecule is Cc1ccc(Nc2ccc3c(c2)CCCN3)nc1. The standard InChI is InChI=1S/C15H17N3/c1-11-4-7-15(17-10-11)18-13-5-6-14-12(9-13)3-2-8-16-14/h4-7,9-10,16H,2-3,8H2,1H3,(H,17,18). The molecule has 2 N–H and O–H groups in total. The number of anilines is 3. The van der Waals surface area contributed by atoms with Crippen LogP contribution in [0.3, 0.4) is 0 Å². The summed E-state index contributed by atoms with van der Waals surface area (Å²) in [7, 11) is 0. The smallest absolute Gasteiger partial charge is 0.130 e. The number of nitrogens with one attached hydrogen (secondary N) is 2. The van der Waals surface area contributed by atoms with Crippen LogP contribution < -0.4 is 10.6 Å². The third kappa shape index (κ3) is 2.30. The van der Waals surface area contributed by atoms with Gasteiger partial charge in [-0.1, -0.05) is 6.07 Å². The van der Waals surface area contributed by atoms with Crippen LogP contribution >= 0.6 is 0 Å². The first-order valence-electron chi connectivity index (χ1n) is 6.38. The Balaban J connectivity index is 1.82. The summed E-state index contributed by atoms with van der Waals surface area (Å²) in [5, 5.41) is 6.76. The van der Waals surface area contributed by atoms with Crippen molar-refractivity contribution in [1.29, 1.82) is 0 Å². The van der Waals surface area contributed by atoms with Crippen molar-refractivity contribution in [1.82, 2.24) is 4.98 Å². The van der Waals surface area contributed by atoms with Gasteiger partial charge < -0.3 is 10.6 Å². The molecule has 18 heavy (non-hydrogen) atoms. The number of aryl methyl sites for hydroxylation is 2. The quantitative estimate of drug-likeness (QED) is 0.842. The largest absolute Gasteiger partial charge is 0.385 e. The van der Waals surface area contributed by atoms with Gasteiger partial charge in [0, 0.05) is 24.1 Å². The predicted octanol–water partition coefficient (Wildman–Crippen LogP) is 3.49.